The molecule has 0 saturated carbocycles. The Morgan fingerprint density at radius 1 is 0.975 bits per heavy atom. The molecule has 0 spiro atoms. The van der Waals surface area contributed by atoms with Crippen molar-refractivity contribution in [3.05, 3.63) is 93.4 Å². The number of carbonyl (C=O) groups excluding carboxylic acids is 2. The number of benzene rings is 3. The van der Waals surface area contributed by atoms with Crippen molar-refractivity contribution >= 4 is 41.0 Å². The maximum Gasteiger partial charge on any atom is 0.264 e. The van der Waals surface area contributed by atoms with Crippen molar-refractivity contribution in [1.29, 1.82) is 0 Å². The summed E-state index contributed by atoms with van der Waals surface area (Å²) in [6.45, 7) is 12.4. The van der Waals surface area contributed by atoms with E-state index in [0.717, 1.165) is 60.9 Å². The molecule has 0 bridgehead atoms. The van der Waals surface area contributed by atoms with Gasteiger partial charge in [-0.1, -0.05) is 53.7 Å². The second-order valence-electron chi connectivity index (χ2n) is 11.0. The van der Waals surface area contributed by atoms with Gasteiger partial charge in [-0.2, -0.15) is 0 Å². The summed E-state index contributed by atoms with van der Waals surface area (Å²) in [5.41, 5.74) is 7.53. The third-order valence-corrected chi connectivity index (χ3v) is 8.90. The van der Waals surface area contributed by atoms with Crippen LogP contribution in [0.25, 0.3) is 6.08 Å². The molecule has 1 saturated heterocycles. The fourth-order valence-corrected chi connectivity index (χ4v) is 6.56. The van der Waals surface area contributed by atoms with E-state index in [4.69, 9.17) is 0 Å². The van der Waals surface area contributed by atoms with Gasteiger partial charge in [-0.05, 0) is 67.8 Å². The van der Waals surface area contributed by atoms with Crippen LogP contribution >= 0.6 is 11.8 Å². The normalized spacial score (nSPS) is 16.8. The first-order valence-electron chi connectivity index (χ1n) is 14.1. The number of amides is 2. The molecule has 2 N–H and O–H groups in total. The number of anilines is 2. The smallest absolute Gasteiger partial charge is 0.264 e. The Kier molecular flexibility index (Phi) is 8.62. The number of fused-ring (bicyclic) bond motifs is 1. The van der Waals surface area contributed by atoms with Gasteiger partial charge < -0.3 is 20.0 Å². The van der Waals surface area contributed by atoms with Crippen LogP contribution in [0.2, 0.25) is 0 Å². The molecule has 0 unspecified atom stereocenters. The van der Waals surface area contributed by atoms with Crippen LogP contribution in [0.3, 0.4) is 0 Å². The molecule has 208 valence electrons. The highest BCUT2D eigenvalue weighted by atomic mass is 32.2. The van der Waals surface area contributed by atoms with Crippen molar-refractivity contribution < 1.29 is 14.5 Å². The van der Waals surface area contributed by atoms with E-state index in [2.05, 4.69) is 48.3 Å². The Labute approximate surface area is 242 Å². The SMILES string of the molecule is Cc1cccc(C=C2Sc3ccc(C(=O)NCCC[NH+]4CCN(c5cc(C)ccc5C)CC4)cc3N(C)C2=O)c1. The van der Waals surface area contributed by atoms with Crippen molar-refractivity contribution in [2.45, 2.75) is 32.1 Å². The average Bonchev–Trinajstić information content (AvgIpc) is 2.95. The summed E-state index contributed by atoms with van der Waals surface area (Å²) in [7, 11) is 1.77. The first-order chi connectivity index (χ1) is 19.3. The topological polar surface area (TPSA) is 57.1 Å². The lowest BCUT2D eigenvalue weighted by Gasteiger charge is -2.34. The molecule has 5 rings (SSSR count). The molecular formula is C33H39N4O2S+. The van der Waals surface area contributed by atoms with Gasteiger partial charge in [0.05, 0.1) is 43.3 Å². The molecule has 0 atom stereocenters. The summed E-state index contributed by atoms with van der Waals surface area (Å²) >= 11 is 1.46. The van der Waals surface area contributed by atoms with Gasteiger partial charge in [0.15, 0.2) is 0 Å². The standard InChI is InChI=1S/C33H38N4O2S/c1-23-7-5-8-26(19-23)21-31-33(39)35(4)29-22-27(11-12-30(29)40-31)32(38)34-13-6-14-36-15-17-37(18-16-36)28-20-24(2)9-10-25(28)3/h5,7-12,19-22H,6,13-18H2,1-4H3,(H,34,38)/p+1. The lowest BCUT2D eigenvalue weighted by Crippen LogP contribution is -3.15. The number of hydrogen-bond acceptors (Lipinski definition) is 4. The molecule has 6 nitrogen and oxygen atoms in total. The molecule has 0 aliphatic carbocycles. The average molecular weight is 556 g/mol. The van der Waals surface area contributed by atoms with E-state index in [-0.39, 0.29) is 11.8 Å². The van der Waals surface area contributed by atoms with Crippen molar-refractivity contribution in [2.75, 3.05) is 56.1 Å². The predicted octanol–water partition coefficient (Wildman–Crippen LogP) is 4.25. The number of quaternary nitrogens is 1. The minimum absolute atomic E-state index is 0.0582. The lowest BCUT2D eigenvalue weighted by molar-refractivity contribution is -0.900. The van der Waals surface area contributed by atoms with Crippen molar-refractivity contribution in [1.82, 2.24) is 5.32 Å². The maximum atomic E-state index is 13.1. The van der Waals surface area contributed by atoms with Crippen molar-refractivity contribution in [3.8, 4) is 0 Å². The van der Waals surface area contributed by atoms with Crippen LogP contribution in [-0.4, -0.2) is 58.1 Å². The molecule has 2 aliphatic rings. The minimum atomic E-state index is -0.0931. The van der Waals surface area contributed by atoms with E-state index in [0.29, 0.717) is 17.0 Å². The largest absolute Gasteiger partial charge is 0.360 e. The Morgan fingerprint density at radius 2 is 1.75 bits per heavy atom. The zero-order valence-electron chi connectivity index (χ0n) is 23.9. The summed E-state index contributed by atoms with van der Waals surface area (Å²) in [5.74, 6) is -0.151. The number of nitrogens with zero attached hydrogens (tertiary/aromatic N) is 2. The van der Waals surface area contributed by atoms with Crippen LogP contribution < -0.4 is 20.0 Å². The van der Waals surface area contributed by atoms with Gasteiger partial charge in [-0.3, -0.25) is 9.59 Å². The number of aryl methyl sites for hydroxylation is 3. The van der Waals surface area contributed by atoms with E-state index in [1.807, 2.05) is 49.4 Å². The number of rotatable bonds is 7. The molecule has 3 aromatic rings. The highest BCUT2D eigenvalue weighted by molar-refractivity contribution is 8.04. The fourth-order valence-electron chi connectivity index (χ4n) is 5.46. The fraction of sp³-hybridized carbons (Fsp3) is 0.333. The molecule has 2 amide bonds. The van der Waals surface area contributed by atoms with Crippen molar-refractivity contribution in [3.63, 3.8) is 0 Å². The zero-order valence-corrected chi connectivity index (χ0v) is 24.7. The van der Waals surface area contributed by atoms with Gasteiger partial charge in [-0.25, -0.2) is 0 Å². The molecular weight excluding hydrogens is 516 g/mol. The van der Waals surface area contributed by atoms with E-state index < -0.39 is 0 Å². The van der Waals surface area contributed by atoms with Gasteiger partial charge >= 0.3 is 0 Å². The Morgan fingerprint density at radius 3 is 2.52 bits per heavy atom. The third-order valence-electron chi connectivity index (χ3n) is 7.83. The number of hydrogen-bond donors (Lipinski definition) is 2. The first kappa shape index (κ1) is 28.0. The number of thioether (sulfide) groups is 1. The summed E-state index contributed by atoms with van der Waals surface area (Å²) in [4.78, 5) is 33.4. The van der Waals surface area contributed by atoms with Crippen LogP contribution in [0.15, 0.2) is 70.5 Å². The highest BCUT2D eigenvalue weighted by Crippen LogP contribution is 2.42. The van der Waals surface area contributed by atoms with Crippen LogP contribution in [0.5, 0.6) is 0 Å². The van der Waals surface area contributed by atoms with Crippen LogP contribution in [-0.2, 0) is 4.79 Å². The van der Waals surface area contributed by atoms with Gasteiger partial charge in [-0.15, -0.1) is 0 Å². The van der Waals surface area contributed by atoms with Crippen LogP contribution in [0.1, 0.15) is 39.0 Å². The molecule has 7 heteroatoms. The Balaban J connectivity index is 1.11. The van der Waals surface area contributed by atoms with Gasteiger partial charge in [0.2, 0.25) is 0 Å². The Hall–Kier alpha value is -3.55. The van der Waals surface area contributed by atoms with Gasteiger partial charge in [0.25, 0.3) is 11.8 Å². The van der Waals surface area contributed by atoms with E-state index in [1.165, 1.54) is 28.6 Å². The first-order valence-corrected chi connectivity index (χ1v) is 14.9. The number of nitrogens with one attached hydrogen (secondary N) is 2. The van der Waals surface area contributed by atoms with E-state index in [1.54, 1.807) is 16.8 Å². The van der Waals surface area contributed by atoms with Crippen LogP contribution in [0.4, 0.5) is 11.4 Å². The lowest BCUT2D eigenvalue weighted by atomic mass is 10.1. The summed E-state index contributed by atoms with van der Waals surface area (Å²) in [6, 6.07) is 20.4. The highest BCUT2D eigenvalue weighted by Gasteiger charge is 2.27. The van der Waals surface area contributed by atoms with E-state index >= 15 is 0 Å². The van der Waals surface area contributed by atoms with E-state index in [9.17, 15) is 9.59 Å². The third kappa shape index (κ3) is 6.43. The van der Waals surface area contributed by atoms with Gasteiger partial charge in [0.1, 0.15) is 0 Å². The summed E-state index contributed by atoms with van der Waals surface area (Å²) < 4.78 is 0. The molecule has 2 heterocycles. The summed E-state index contributed by atoms with van der Waals surface area (Å²) in [5, 5.41) is 3.08. The second-order valence-corrected chi connectivity index (χ2v) is 12.0. The summed E-state index contributed by atoms with van der Waals surface area (Å²) in [6.07, 6.45) is 2.88. The van der Waals surface area contributed by atoms with Crippen molar-refractivity contribution in [2.24, 2.45) is 0 Å². The predicted molar refractivity (Wildman–Crippen MR) is 166 cm³/mol. The Bertz CT molecular complexity index is 1440. The number of likely N-dealkylation sites (N-methyl/N-ethyl adjacent to an activating group) is 1. The molecule has 1 fully saturated rings. The zero-order chi connectivity index (χ0) is 28.2. The van der Waals surface area contributed by atoms with Crippen LogP contribution in [0, 0.1) is 20.8 Å². The molecule has 40 heavy (non-hydrogen) atoms. The minimum Gasteiger partial charge on any atom is -0.360 e. The molecule has 0 radical (unpaired) electrons. The molecule has 3 aromatic carbocycles. The second kappa shape index (κ2) is 12.3. The quantitative estimate of drug-likeness (QED) is 0.338. The monoisotopic (exact) mass is 555 g/mol. The molecule has 2 aliphatic heterocycles. The number of carbonyl (C=O) groups is 2. The maximum absolute atomic E-state index is 13.1. The molecule has 0 aromatic heterocycles. The number of piperazine rings is 1. The van der Waals surface area contributed by atoms with Gasteiger partial charge in [0, 0.05) is 36.2 Å².